The van der Waals surface area contributed by atoms with Crippen LogP contribution in [0.25, 0.3) is 0 Å². The summed E-state index contributed by atoms with van der Waals surface area (Å²) in [5, 5.41) is 2.88. The summed E-state index contributed by atoms with van der Waals surface area (Å²) in [4.78, 5) is 22.8. The minimum absolute atomic E-state index is 0.0127. The van der Waals surface area contributed by atoms with Crippen LogP contribution >= 0.6 is 0 Å². The van der Waals surface area contributed by atoms with E-state index in [1.165, 1.54) is 0 Å². The van der Waals surface area contributed by atoms with Gasteiger partial charge < -0.3 is 14.8 Å². The second kappa shape index (κ2) is 4.31. The molecule has 4 heteroatoms. The molecule has 96 valence electrons. The van der Waals surface area contributed by atoms with Crippen molar-refractivity contribution in [3.05, 3.63) is 0 Å². The van der Waals surface area contributed by atoms with Gasteiger partial charge in [0.25, 0.3) is 0 Å². The van der Waals surface area contributed by atoms with Crippen LogP contribution in [-0.2, 0) is 9.53 Å². The molecule has 2 aliphatic rings. The van der Waals surface area contributed by atoms with Crippen LogP contribution in [0, 0.1) is 17.8 Å². The average Bonchev–Trinajstić information content (AvgIpc) is 2.74. The molecule has 0 aliphatic heterocycles. The predicted molar refractivity (Wildman–Crippen MR) is 63.5 cm³/mol. The topological polar surface area (TPSA) is 55.4 Å². The van der Waals surface area contributed by atoms with Gasteiger partial charge in [-0.3, -0.25) is 0 Å². The Hall–Kier alpha value is -1.06. The van der Waals surface area contributed by atoms with E-state index < -0.39 is 11.7 Å². The number of amides is 1. The molecule has 0 aromatic heterocycles. The number of nitrogens with one attached hydrogen (secondary N) is 1. The normalized spacial score (nSPS) is 35.7. The molecule has 2 fully saturated rings. The van der Waals surface area contributed by atoms with Gasteiger partial charge in [-0.05, 0) is 51.9 Å². The van der Waals surface area contributed by atoms with Crippen molar-refractivity contribution in [2.45, 2.75) is 51.7 Å². The molecule has 0 radical (unpaired) electrons. The predicted octanol–water partition coefficient (Wildman–Crippen LogP) is 2.12. The molecule has 2 rings (SSSR count). The average molecular weight is 239 g/mol. The minimum Gasteiger partial charge on any atom is -0.444 e. The molecule has 0 heterocycles. The van der Waals surface area contributed by atoms with E-state index in [2.05, 4.69) is 5.32 Å². The number of alkyl carbamates (subject to hydrolysis) is 1. The standard InChI is InChI=1S/C13H21NO3/c1-13(2,3)17-12(16)14-11-9-5-4-8(6-9)10(11)7-15/h7-11H,4-6H2,1-3H3,(H,14,16)/t8?,9?,10-,11+/m1/s1. The van der Waals surface area contributed by atoms with E-state index in [1.807, 2.05) is 20.8 Å². The SMILES string of the molecule is CC(C)(C)OC(=O)N[C@H]1C2CCC(C2)[C@H]1C=O. The summed E-state index contributed by atoms with van der Waals surface area (Å²) in [5.74, 6) is 0.918. The lowest BCUT2D eigenvalue weighted by Crippen LogP contribution is -2.46. The Kier molecular flexibility index (Phi) is 3.15. The van der Waals surface area contributed by atoms with Crippen LogP contribution in [0.5, 0.6) is 0 Å². The zero-order valence-corrected chi connectivity index (χ0v) is 10.7. The first kappa shape index (κ1) is 12.4. The van der Waals surface area contributed by atoms with Gasteiger partial charge in [0.15, 0.2) is 0 Å². The number of hydrogen-bond donors (Lipinski definition) is 1. The van der Waals surface area contributed by atoms with Crippen LogP contribution < -0.4 is 5.32 Å². The molecule has 2 bridgehead atoms. The maximum absolute atomic E-state index is 11.7. The maximum atomic E-state index is 11.7. The number of carbonyl (C=O) groups excluding carboxylic acids is 2. The monoisotopic (exact) mass is 239 g/mol. The molecule has 17 heavy (non-hydrogen) atoms. The van der Waals surface area contributed by atoms with Crippen molar-refractivity contribution in [2.24, 2.45) is 17.8 Å². The lowest BCUT2D eigenvalue weighted by Gasteiger charge is -2.29. The van der Waals surface area contributed by atoms with Gasteiger partial charge in [0, 0.05) is 12.0 Å². The first-order chi connectivity index (χ1) is 7.90. The number of hydrogen-bond acceptors (Lipinski definition) is 3. The quantitative estimate of drug-likeness (QED) is 0.751. The number of fused-ring (bicyclic) bond motifs is 2. The number of carbonyl (C=O) groups is 2. The Morgan fingerprint density at radius 1 is 1.29 bits per heavy atom. The fourth-order valence-electron chi connectivity index (χ4n) is 3.19. The highest BCUT2D eigenvalue weighted by Gasteiger charge is 2.48. The van der Waals surface area contributed by atoms with E-state index in [0.29, 0.717) is 11.8 Å². The Morgan fingerprint density at radius 2 is 1.94 bits per heavy atom. The molecule has 1 N–H and O–H groups in total. The minimum atomic E-state index is -0.488. The summed E-state index contributed by atoms with van der Waals surface area (Å²) >= 11 is 0. The van der Waals surface area contributed by atoms with Crippen molar-refractivity contribution in [3.8, 4) is 0 Å². The van der Waals surface area contributed by atoms with E-state index in [4.69, 9.17) is 4.74 Å². The molecule has 4 nitrogen and oxygen atoms in total. The Labute approximate surface area is 102 Å². The summed E-state index contributed by atoms with van der Waals surface area (Å²) in [6, 6.07) is -0.0129. The first-order valence-electron chi connectivity index (χ1n) is 6.35. The zero-order chi connectivity index (χ0) is 12.6. The lowest BCUT2D eigenvalue weighted by atomic mass is 9.85. The fourth-order valence-corrected chi connectivity index (χ4v) is 3.19. The maximum Gasteiger partial charge on any atom is 0.407 e. The first-order valence-corrected chi connectivity index (χ1v) is 6.35. The summed E-state index contributed by atoms with van der Waals surface area (Å²) in [7, 11) is 0. The van der Waals surface area contributed by atoms with Crippen molar-refractivity contribution < 1.29 is 14.3 Å². The van der Waals surface area contributed by atoms with Gasteiger partial charge in [-0.2, -0.15) is 0 Å². The molecule has 4 atom stereocenters. The number of aldehydes is 1. The van der Waals surface area contributed by atoms with Crippen LogP contribution in [0.3, 0.4) is 0 Å². The molecule has 0 aromatic carbocycles. The van der Waals surface area contributed by atoms with Gasteiger partial charge in [0.2, 0.25) is 0 Å². The van der Waals surface area contributed by atoms with Gasteiger partial charge >= 0.3 is 6.09 Å². The largest absolute Gasteiger partial charge is 0.444 e. The van der Waals surface area contributed by atoms with E-state index in [9.17, 15) is 9.59 Å². The highest BCUT2D eigenvalue weighted by Crippen LogP contribution is 2.47. The van der Waals surface area contributed by atoms with Crippen LogP contribution in [0.1, 0.15) is 40.0 Å². The third kappa shape index (κ3) is 2.61. The van der Waals surface area contributed by atoms with Gasteiger partial charge in [-0.25, -0.2) is 4.79 Å². The molecule has 2 saturated carbocycles. The van der Waals surface area contributed by atoms with E-state index >= 15 is 0 Å². The van der Waals surface area contributed by atoms with Crippen molar-refractivity contribution >= 4 is 12.4 Å². The van der Waals surface area contributed by atoms with E-state index in [0.717, 1.165) is 25.5 Å². The Morgan fingerprint density at radius 3 is 2.53 bits per heavy atom. The van der Waals surface area contributed by atoms with Crippen LogP contribution in [0.4, 0.5) is 4.79 Å². The molecular formula is C13H21NO3. The third-order valence-electron chi connectivity index (χ3n) is 3.82. The number of ether oxygens (including phenoxy) is 1. The Bertz CT molecular complexity index is 321. The van der Waals surface area contributed by atoms with Crippen LogP contribution in [0.2, 0.25) is 0 Å². The van der Waals surface area contributed by atoms with Crippen molar-refractivity contribution in [1.82, 2.24) is 5.32 Å². The summed E-state index contributed by atoms with van der Waals surface area (Å²) in [5.41, 5.74) is -0.488. The van der Waals surface area contributed by atoms with Crippen molar-refractivity contribution in [3.63, 3.8) is 0 Å². The van der Waals surface area contributed by atoms with E-state index in [1.54, 1.807) is 0 Å². The van der Waals surface area contributed by atoms with Crippen LogP contribution in [0.15, 0.2) is 0 Å². The molecular weight excluding hydrogens is 218 g/mol. The number of rotatable bonds is 2. The molecule has 2 aliphatic carbocycles. The lowest BCUT2D eigenvalue weighted by molar-refractivity contribution is -0.113. The highest BCUT2D eigenvalue weighted by molar-refractivity contribution is 5.69. The van der Waals surface area contributed by atoms with Crippen molar-refractivity contribution in [2.75, 3.05) is 0 Å². The molecule has 0 spiro atoms. The summed E-state index contributed by atoms with van der Waals surface area (Å²) in [6.45, 7) is 5.51. The highest BCUT2D eigenvalue weighted by atomic mass is 16.6. The van der Waals surface area contributed by atoms with E-state index in [-0.39, 0.29) is 12.0 Å². The zero-order valence-electron chi connectivity index (χ0n) is 10.7. The second-order valence-corrected chi connectivity index (χ2v) is 6.22. The summed E-state index contributed by atoms with van der Waals surface area (Å²) < 4.78 is 5.23. The second-order valence-electron chi connectivity index (χ2n) is 6.22. The van der Waals surface area contributed by atoms with Gasteiger partial charge in [-0.1, -0.05) is 0 Å². The third-order valence-corrected chi connectivity index (χ3v) is 3.82. The fraction of sp³-hybridized carbons (Fsp3) is 0.846. The molecule has 0 saturated heterocycles. The smallest absolute Gasteiger partial charge is 0.407 e. The Balaban J connectivity index is 1.94. The summed E-state index contributed by atoms with van der Waals surface area (Å²) in [6.07, 6.45) is 3.92. The molecule has 2 unspecified atom stereocenters. The van der Waals surface area contributed by atoms with Gasteiger partial charge in [0.05, 0.1) is 0 Å². The van der Waals surface area contributed by atoms with Crippen LogP contribution in [-0.4, -0.2) is 24.0 Å². The van der Waals surface area contributed by atoms with Crippen molar-refractivity contribution in [1.29, 1.82) is 0 Å². The van der Waals surface area contributed by atoms with Gasteiger partial charge in [0.1, 0.15) is 11.9 Å². The van der Waals surface area contributed by atoms with Gasteiger partial charge in [-0.15, -0.1) is 0 Å². The molecule has 1 amide bonds. The molecule has 0 aromatic rings.